The van der Waals surface area contributed by atoms with Gasteiger partial charge in [0.05, 0.1) is 12.8 Å². The fourth-order valence-corrected chi connectivity index (χ4v) is 0.662. The first-order chi connectivity index (χ1) is 4.84. The van der Waals surface area contributed by atoms with Crippen LogP contribution in [0.5, 0.6) is 0 Å². The van der Waals surface area contributed by atoms with Crippen LogP contribution in [0.2, 0.25) is 0 Å². The maximum absolute atomic E-state index is 7.97. The largest absolute Gasteiger partial charge is 0.469 e. The van der Waals surface area contributed by atoms with Crippen molar-refractivity contribution in [3.63, 3.8) is 0 Å². The van der Waals surface area contributed by atoms with E-state index in [0.717, 1.165) is 11.3 Å². The zero-order valence-electron chi connectivity index (χ0n) is 5.61. The van der Waals surface area contributed by atoms with Crippen molar-refractivity contribution in [2.45, 2.75) is 13.5 Å². The maximum atomic E-state index is 7.97. The predicted octanol–water partition coefficient (Wildman–Crippen LogP) is 2.40. The number of hydrogen-bond donors (Lipinski definition) is 0. The summed E-state index contributed by atoms with van der Waals surface area (Å²) in [6.45, 7) is 2.21. The second kappa shape index (κ2) is 2.94. The van der Waals surface area contributed by atoms with Gasteiger partial charge >= 0.3 is 0 Å². The molecule has 10 heavy (non-hydrogen) atoms. The minimum Gasteiger partial charge on any atom is -0.469 e. The molecule has 0 atom stereocenters. The molecule has 0 aliphatic carbocycles. The molecule has 0 spiro atoms. The summed E-state index contributed by atoms with van der Waals surface area (Å²) in [6.07, 6.45) is 1.58. The van der Waals surface area contributed by atoms with E-state index in [1.165, 1.54) is 0 Å². The molecule has 1 rings (SSSR count). The average molecular weight is 137 g/mol. The topological polar surface area (TPSA) is 61.9 Å². The van der Waals surface area contributed by atoms with Gasteiger partial charge in [-0.3, -0.25) is 0 Å². The number of nitrogens with zero attached hydrogens (tertiary/aromatic N) is 3. The summed E-state index contributed by atoms with van der Waals surface area (Å²) in [5.41, 5.74) is 8.99. The average Bonchev–Trinajstić information content (AvgIpc) is 2.31. The lowest BCUT2D eigenvalue weighted by atomic mass is 10.3. The number of azide groups is 1. The van der Waals surface area contributed by atoms with E-state index in [1.807, 2.05) is 13.0 Å². The predicted molar refractivity (Wildman–Crippen MR) is 36.3 cm³/mol. The van der Waals surface area contributed by atoms with E-state index in [-0.39, 0.29) is 0 Å². The van der Waals surface area contributed by atoms with E-state index < -0.39 is 0 Å². The number of furan rings is 1. The van der Waals surface area contributed by atoms with Crippen molar-refractivity contribution in [1.29, 1.82) is 0 Å². The molecule has 0 unspecified atom stereocenters. The lowest BCUT2D eigenvalue weighted by Crippen LogP contribution is -1.77. The third-order valence-corrected chi connectivity index (χ3v) is 1.25. The van der Waals surface area contributed by atoms with Crippen LogP contribution in [0.1, 0.15) is 11.3 Å². The molecule has 0 saturated carbocycles. The van der Waals surface area contributed by atoms with Crippen LogP contribution in [0.15, 0.2) is 21.9 Å². The van der Waals surface area contributed by atoms with Crippen LogP contribution in [-0.2, 0) is 6.54 Å². The number of rotatable bonds is 2. The molecule has 0 bridgehead atoms. The Hall–Kier alpha value is -1.41. The van der Waals surface area contributed by atoms with Gasteiger partial charge in [-0.25, -0.2) is 0 Å². The summed E-state index contributed by atoms with van der Waals surface area (Å²) in [6, 6.07) is 1.84. The molecule has 0 N–H and O–H groups in total. The first-order valence-electron chi connectivity index (χ1n) is 2.88. The monoisotopic (exact) mass is 137 g/mol. The fraction of sp³-hybridized carbons (Fsp3) is 0.333. The van der Waals surface area contributed by atoms with Gasteiger partial charge in [-0.2, -0.15) is 0 Å². The second-order valence-electron chi connectivity index (χ2n) is 1.92. The fourth-order valence-electron chi connectivity index (χ4n) is 0.662. The van der Waals surface area contributed by atoms with E-state index in [0.29, 0.717) is 6.54 Å². The molecule has 4 nitrogen and oxygen atoms in total. The summed E-state index contributed by atoms with van der Waals surface area (Å²) in [5.74, 6) is 0.734. The molecule has 0 aliphatic rings. The molecule has 0 radical (unpaired) electrons. The second-order valence-corrected chi connectivity index (χ2v) is 1.92. The zero-order valence-corrected chi connectivity index (χ0v) is 5.61. The molecular formula is C6H7N3O. The van der Waals surface area contributed by atoms with Crippen LogP contribution < -0.4 is 0 Å². The van der Waals surface area contributed by atoms with Gasteiger partial charge < -0.3 is 4.42 Å². The molecular weight excluding hydrogens is 130 g/mol. The minimum absolute atomic E-state index is 0.301. The van der Waals surface area contributed by atoms with Crippen LogP contribution in [0.3, 0.4) is 0 Å². The smallest absolute Gasteiger partial charge is 0.112 e. The molecule has 4 heteroatoms. The standard InChI is InChI=1S/C6H7N3O/c1-5-2-3-10-6(5)4-8-9-7/h2-3H,4H2,1H3. The van der Waals surface area contributed by atoms with Gasteiger partial charge in [0.2, 0.25) is 0 Å². The van der Waals surface area contributed by atoms with Gasteiger partial charge in [0.25, 0.3) is 0 Å². The van der Waals surface area contributed by atoms with Gasteiger partial charge in [-0.15, -0.1) is 0 Å². The Balaban J connectivity index is 2.74. The Morgan fingerprint density at radius 1 is 1.80 bits per heavy atom. The third-order valence-electron chi connectivity index (χ3n) is 1.25. The summed E-state index contributed by atoms with van der Waals surface area (Å²) in [5, 5.41) is 3.36. The van der Waals surface area contributed by atoms with Gasteiger partial charge in [0, 0.05) is 4.91 Å². The normalized spacial score (nSPS) is 8.90. The molecule has 52 valence electrons. The Morgan fingerprint density at radius 3 is 3.10 bits per heavy atom. The van der Waals surface area contributed by atoms with Gasteiger partial charge in [0.1, 0.15) is 5.76 Å². The maximum Gasteiger partial charge on any atom is 0.112 e. The van der Waals surface area contributed by atoms with Crippen molar-refractivity contribution < 1.29 is 4.42 Å². The van der Waals surface area contributed by atoms with Crippen LogP contribution >= 0.6 is 0 Å². The van der Waals surface area contributed by atoms with E-state index in [2.05, 4.69) is 10.0 Å². The molecule has 1 aromatic heterocycles. The van der Waals surface area contributed by atoms with E-state index in [4.69, 9.17) is 9.95 Å². The van der Waals surface area contributed by atoms with Crippen molar-refractivity contribution in [3.8, 4) is 0 Å². The lowest BCUT2D eigenvalue weighted by Gasteiger charge is -1.87. The summed E-state index contributed by atoms with van der Waals surface area (Å²) in [7, 11) is 0. The molecule has 1 heterocycles. The third kappa shape index (κ3) is 1.30. The Kier molecular flexibility index (Phi) is 1.97. The number of aryl methyl sites for hydroxylation is 1. The SMILES string of the molecule is Cc1ccoc1CN=[N+]=[N-]. The van der Waals surface area contributed by atoms with Crippen molar-refractivity contribution in [3.05, 3.63) is 34.1 Å². The first-order valence-corrected chi connectivity index (χ1v) is 2.88. The van der Waals surface area contributed by atoms with E-state index in [9.17, 15) is 0 Å². The molecule has 1 aromatic rings. The lowest BCUT2D eigenvalue weighted by molar-refractivity contribution is 0.509. The first kappa shape index (κ1) is 6.71. The van der Waals surface area contributed by atoms with Crippen molar-refractivity contribution >= 4 is 0 Å². The Morgan fingerprint density at radius 2 is 2.60 bits per heavy atom. The molecule has 0 aromatic carbocycles. The molecule has 0 amide bonds. The van der Waals surface area contributed by atoms with Gasteiger partial charge in [-0.1, -0.05) is 5.11 Å². The molecule has 0 fully saturated rings. The highest BCUT2D eigenvalue weighted by atomic mass is 16.3. The Bertz CT molecular complexity index is 260. The highest BCUT2D eigenvalue weighted by Gasteiger charge is 1.97. The highest BCUT2D eigenvalue weighted by Crippen LogP contribution is 2.09. The summed E-state index contributed by atoms with van der Waals surface area (Å²) >= 11 is 0. The van der Waals surface area contributed by atoms with Gasteiger partial charge in [-0.05, 0) is 24.1 Å². The molecule has 0 aliphatic heterocycles. The van der Waals surface area contributed by atoms with Crippen LogP contribution in [0, 0.1) is 6.92 Å². The Labute approximate surface area is 58.1 Å². The highest BCUT2D eigenvalue weighted by molar-refractivity contribution is 5.13. The minimum atomic E-state index is 0.301. The van der Waals surface area contributed by atoms with E-state index in [1.54, 1.807) is 6.26 Å². The van der Waals surface area contributed by atoms with Crippen LogP contribution in [-0.4, -0.2) is 0 Å². The van der Waals surface area contributed by atoms with Crippen LogP contribution in [0.25, 0.3) is 10.4 Å². The van der Waals surface area contributed by atoms with Gasteiger partial charge in [0.15, 0.2) is 0 Å². The van der Waals surface area contributed by atoms with Crippen molar-refractivity contribution in [2.24, 2.45) is 5.11 Å². The van der Waals surface area contributed by atoms with Crippen LogP contribution in [0.4, 0.5) is 0 Å². The quantitative estimate of drug-likeness (QED) is 0.350. The summed E-state index contributed by atoms with van der Waals surface area (Å²) < 4.78 is 5.00. The van der Waals surface area contributed by atoms with Crippen molar-refractivity contribution in [2.75, 3.05) is 0 Å². The molecule has 0 saturated heterocycles. The van der Waals surface area contributed by atoms with E-state index >= 15 is 0 Å². The zero-order chi connectivity index (χ0) is 7.40. The summed E-state index contributed by atoms with van der Waals surface area (Å²) in [4.78, 5) is 2.62. The number of hydrogen-bond acceptors (Lipinski definition) is 2. The van der Waals surface area contributed by atoms with Crippen molar-refractivity contribution in [1.82, 2.24) is 0 Å².